The van der Waals surface area contributed by atoms with E-state index in [0.29, 0.717) is 18.7 Å². The molecule has 0 saturated carbocycles. The first-order valence-corrected chi connectivity index (χ1v) is 8.28. The average molecular weight is 299 g/mol. The minimum absolute atomic E-state index is 0.474. The highest BCUT2D eigenvalue weighted by molar-refractivity contribution is 7.15. The first kappa shape index (κ1) is 17.4. The molecule has 0 fully saturated rings. The molecule has 0 aliphatic heterocycles. The van der Waals surface area contributed by atoms with Crippen molar-refractivity contribution < 1.29 is 4.74 Å². The molecule has 1 rings (SSSR count). The molecule has 0 spiro atoms. The summed E-state index contributed by atoms with van der Waals surface area (Å²) in [5.41, 5.74) is 1.07. The van der Waals surface area contributed by atoms with Gasteiger partial charge in [-0.3, -0.25) is 0 Å². The van der Waals surface area contributed by atoms with Crippen LogP contribution in [0.3, 0.4) is 0 Å². The number of aromatic nitrogens is 1. The van der Waals surface area contributed by atoms with Crippen LogP contribution in [0.25, 0.3) is 0 Å². The molecule has 20 heavy (non-hydrogen) atoms. The zero-order valence-corrected chi connectivity index (χ0v) is 14.5. The fourth-order valence-corrected chi connectivity index (χ4v) is 3.17. The van der Waals surface area contributed by atoms with Crippen LogP contribution in [0, 0.1) is 0 Å². The molecule has 1 N–H and O–H groups in total. The number of hydrogen-bond donors (Lipinski definition) is 1. The first-order valence-electron chi connectivity index (χ1n) is 7.47. The number of rotatable bonds is 9. The third-order valence-electron chi connectivity index (χ3n) is 3.05. The second-order valence-corrected chi connectivity index (χ2v) is 6.68. The molecule has 5 heteroatoms. The van der Waals surface area contributed by atoms with Gasteiger partial charge in [0.1, 0.15) is 0 Å². The standard InChI is InChI=1S/C15H29N3OS/c1-7-8-18(12(4)5)15-17-13(10-19-6)14(20-15)9-16-11(2)3/h11-12,16H,7-10H2,1-6H3. The van der Waals surface area contributed by atoms with E-state index in [1.165, 1.54) is 4.88 Å². The lowest BCUT2D eigenvalue weighted by Gasteiger charge is -2.25. The number of hydrogen-bond acceptors (Lipinski definition) is 5. The van der Waals surface area contributed by atoms with E-state index in [0.717, 1.165) is 30.3 Å². The molecule has 0 aliphatic rings. The Morgan fingerprint density at radius 1 is 1.30 bits per heavy atom. The van der Waals surface area contributed by atoms with E-state index < -0.39 is 0 Å². The summed E-state index contributed by atoms with van der Waals surface area (Å²) in [5.74, 6) is 0. The predicted molar refractivity (Wildman–Crippen MR) is 87.6 cm³/mol. The van der Waals surface area contributed by atoms with Gasteiger partial charge in [0.25, 0.3) is 0 Å². The molecule has 0 amide bonds. The van der Waals surface area contributed by atoms with E-state index >= 15 is 0 Å². The molecule has 0 bridgehead atoms. The van der Waals surface area contributed by atoms with Gasteiger partial charge < -0.3 is 15.0 Å². The van der Waals surface area contributed by atoms with Crippen LogP contribution in [0.5, 0.6) is 0 Å². The average Bonchev–Trinajstić information content (AvgIpc) is 2.76. The van der Waals surface area contributed by atoms with E-state index in [2.05, 4.69) is 44.8 Å². The number of ether oxygens (including phenoxy) is 1. The molecule has 1 heterocycles. The van der Waals surface area contributed by atoms with E-state index in [4.69, 9.17) is 9.72 Å². The van der Waals surface area contributed by atoms with Crippen LogP contribution in [0.1, 0.15) is 51.6 Å². The van der Waals surface area contributed by atoms with Gasteiger partial charge in [-0.2, -0.15) is 0 Å². The summed E-state index contributed by atoms with van der Waals surface area (Å²) in [6.07, 6.45) is 1.14. The fourth-order valence-electron chi connectivity index (χ4n) is 1.99. The van der Waals surface area contributed by atoms with Crippen LogP contribution < -0.4 is 10.2 Å². The summed E-state index contributed by atoms with van der Waals surface area (Å²) < 4.78 is 5.29. The highest BCUT2D eigenvalue weighted by Crippen LogP contribution is 2.28. The molecule has 4 nitrogen and oxygen atoms in total. The molecule has 1 aromatic heterocycles. The van der Waals surface area contributed by atoms with E-state index in [-0.39, 0.29) is 0 Å². The fraction of sp³-hybridized carbons (Fsp3) is 0.800. The Bertz CT molecular complexity index is 390. The molecule has 0 atom stereocenters. The van der Waals surface area contributed by atoms with Crippen molar-refractivity contribution in [3.8, 4) is 0 Å². The topological polar surface area (TPSA) is 37.4 Å². The van der Waals surface area contributed by atoms with Gasteiger partial charge in [-0.15, -0.1) is 11.3 Å². The molecule has 0 aliphatic carbocycles. The molecular formula is C15H29N3OS. The highest BCUT2D eigenvalue weighted by Gasteiger charge is 2.18. The first-order chi connectivity index (χ1) is 9.49. The minimum Gasteiger partial charge on any atom is -0.378 e. The maximum Gasteiger partial charge on any atom is 0.186 e. The molecule has 1 aromatic rings. The van der Waals surface area contributed by atoms with E-state index in [1.807, 2.05) is 0 Å². The van der Waals surface area contributed by atoms with Crippen molar-refractivity contribution in [2.24, 2.45) is 0 Å². The van der Waals surface area contributed by atoms with E-state index in [9.17, 15) is 0 Å². The summed E-state index contributed by atoms with van der Waals surface area (Å²) in [7, 11) is 1.73. The van der Waals surface area contributed by atoms with E-state index in [1.54, 1.807) is 18.4 Å². The van der Waals surface area contributed by atoms with Crippen LogP contribution in [0.2, 0.25) is 0 Å². The summed E-state index contributed by atoms with van der Waals surface area (Å²) in [6, 6.07) is 0.954. The lowest BCUT2D eigenvalue weighted by molar-refractivity contribution is 0.181. The molecular weight excluding hydrogens is 270 g/mol. The second-order valence-electron chi connectivity index (χ2n) is 5.62. The van der Waals surface area contributed by atoms with Crippen molar-refractivity contribution in [1.29, 1.82) is 0 Å². The highest BCUT2D eigenvalue weighted by atomic mass is 32.1. The number of methoxy groups -OCH3 is 1. The number of nitrogens with one attached hydrogen (secondary N) is 1. The predicted octanol–water partition coefficient (Wildman–Crippen LogP) is 3.41. The van der Waals surface area contributed by atoms with Gasteiger partial charge in [0.05, 0.1) is 12.3 Å². The van der Waals surface area contributed by atoms with Crippen LogP contribution in [-0.4, -0.2) is 30.7 Å². The van der Waals surface area contributed by atoms with Gasteiger partial charge in [-0.25, -0.2) is 4.98 Å². The zero-order valence-electron chi connectivity index (χ0n) is 13.7. The second kappa shape index (κ2) is 8.60. The Kier molecular flexibility index (Phi) is 7.48. The summed E-state index contributed by atoms with van der Waals surface area (Å²) in [4.78, 5) is 8.46. The Morgan fingerprint density at radius 3 is 2.50 bits per heavy atom. The maximum atomic E-state index is 5.29. The largest absolute Gasteiger partial charge is 0.378 e. The third-order valence-corrected chi connectivity index (χ3v) is 4.19. The molecule has 0 radical (unpaired) electrons. The Labute approximate surface area is 127 Å². The Hall–Kier alpha value is -0.650. The lowest BCUT2D eigenvalue weighted by Crippen LogP contribution is -2.31. The number of nitrogens with zero attached hydrogens (tertiary/aromatic N) is 2. The van der Waals surface area contributed by atoms with Gasteiger partial charge in [0.15, 0.2) is 5.13 Å². The van der Waals surface area contributed by atoms with Crippen LogP contribution in [0.15, 0.2) is 0 Å². The van der Waals surface area contributed by atoms with Gasteiger partial charge in [0, 0.05) is 37.2 Å². The van der Waals surface area contributed by atoms with Crippen molar-refractivity contribution >= 4 is 16.5 Å². The summed E-state index contributed by atoms with van der Waals surface area (Å²) in [6.45, 7) is 13.5. The number of thiazole rings is 1. The molecule has 116 valence electrons. The zero-order chi connectivity index (χ0) is 15.1. The molecule has 0 saturated heterocycles. The van der Waals surface area contributed by atoms with Crippen LogP contribution >= 0.6 is 11.3 Å². The van der Waals surface area contributed by atoms with Gasteiger partial charge in [-0.05, 0) is 20.3 Å². The van der Waals surface area contributed by atoms with Crippen molar-refractivity contribution in [2.75, 3.05) is 18.6 Å². The van der Waals surface area contributed by atoms with Gasteiger partial charge >= 0.3 is 0 Å². The van der Waals surface area contributed by atoms with Crippen molar-refractivity contribution in [3.05, 3.63) is 10.6 Å². The monoisotopic (exact) mass is 299 g/mol. The Balaban J connectivity index is 2.93. The summed E-state index contributed by atoms with van der Waals surface area (Å²) >= 11 is 1.79. The smallest absolute Gasteiger partial charge is 0.186 e. The number of anilines is 1. The normalized spacial score (nSPS) is 11.6. The Morgan fingerprint density at radius 2 is 2.00 bits per heavy atom. The van der Waals surface area contributed by atoms with Crippen molar-refractivity contribution in [1.82, 2.24) is 10.3 Å². The van der Waals surface area contributed by atoms with Crippen molar-refractivity contribution in [2.45, 2.75) is 66.3 Å². The van der Waals surface area contributed by atoms with Crippen molar-refractivity contribution in [3.63, 3.8) is 0 Å². The summed E-state index contributed by atoms with van der Waals surface area (Å²) in [5, 5.41) is 4.59. The van der Waals surface area contributed by atoms with Gasteiger partial charge in [-0.1, -0.05) is 20.8 Å². The minimum atomic E-state index is 0.474. The lowest BCUT2D eigenvalue weighted by atomic mass is 10.3. The SMILES string of the molecule is CCCN(c1nc(COC)c(CNC(C)C)s1)C(C)C. The van der Waals surface area contributed by atoms with Crippen LogP contribution in [-0.2, 0) is 17.9 Å². The molecule has 0 aromatic carbocycles. The third kappa shape index (κ3) is 5.04. The quantitative estimate of drug-likeness (QED) is 0.758. The van der Waals surface area contributed by atoms with Crippen LogP contribution in [0.4, 0.5) is 5.13 Å². The molecule has 0 unspecified atom stereocenters. The maximum absolute atomic E-state index is 5.29. The van der Waals surface area contributed by atoms with Gasteiger partial charge in [0.2, 0.25) is 0 Å².